The van der Waals surface area contributed by atoms with Gasteiger partial charge in [-0.2, -0.15) is 0 Å². The van der Waals surface area contributed by atoms with Crippen molar-refractivity contribution in [3.63, 3.8) is 0 Å². The van der Waals surface area contributed by atoms with Crippen LogP contribution in [0.2, 0.25) is 0 Å². The lowest BCUT2D eigenvalue weighted by molar-refractivity contribution is -0.161. The molecule has 19 heteroatoms. The van der Waals surface area contributed by atoms with E-state index in [9.17, 15) is 43.2 Å². The third-order valence-corrected chi connectivity index (χ3v) is 22.8. The van der Waals surface area contributed by atoms with E-state index < -0.39 is 97.5 Å². The van der Waals surface area contributed by atoms with Crippen molar-refractivity contribution in [3.8, 4) is 0 Å². The van der Waals surface area contributed by atoms with Gasteiger partial charge in [0.2, 0.25) is 0 Å². The maximum atomic E-state index is 13.1. The second-order valence-electron chi connectivity index (χ2n) is 31.4. The van der Waals surface area contributed by atoms with Gasteiger partial charge in [-0.15, -0.1) is 0 Å². The van der Waals surface area contributed by atoms with E-state index in [0.29, 0.717) is 25.7 Å². The molecule has 0 aliphatic heterocycles. The van der Waals surface area contributed by atoms with Crippen molar-refractivity contribution in [2.45, 2.75) is 477 Å². The van der Waals surface area contributed by atoms with Gasteiger partial charge in [-0.1, -0.05) is 408 Å². The van der Waals surface area contributed by atoms with E-state index in [1.807, 2.05) is 0 Å². The molecule has 0 aromatic carbocycles. The molecule has 0 fully saturated rings. The summed E-state index contributed by atoms with van der Waals surface area (Å²) in [5.41, 5.74) is 0. The summed E-state index contributed by atoms with van der Waals surface area (Å²) in [4.78, 5) is 73.2. The molecule has 0 aliphatic rings. The van der Waals surface area contributed by atoms with E-state index in [-0.39, 0.29) is 25.7 Å². The summed E-state index contributed by atoms with van der Waals surface area (Å²) in [5, 5.41) is 10.7. The molecule has 0 spiro atoms. The molecule has 0 saturated carbocycles. The van der Waals surface area contributed by atoms with Crippen molar-refractivity contribution >= 4 is 39.5 Å². The van der Waals surface area contributed by atoms with Gasteiger partial charge in [0.1, 0.15) is 19.3 Å². The summed E-state index contributed by atoms with van der Waals surface area (Å²) in [5.74, 6) is -0.463. The molecule has 17 nitrogen and oxygen atoms in total. The van der Waals surface area contributed by atoms with Gasteiger partial charge < -0.3 is 33.8 Å². The number of phosphoric acid groups is 2. The number of carbonyl (C=O) groups excluding carboxylic acids is 4. The Morgan fingerprint density at radius 3 is 0.676 bits per heavy atom. The topological polar surface area (TPSA) is 237 Å². The third kappa shape index (κ3) is 77.2. The smallest absolute Gasteiger partial charge is 0.462 e. The van der Waals surface area contributed by atoms with Gasteiger partial charge in [-0.05, 0) is 37.5 Å². The van der Waals surface area contributed by atoms with Crippen LogP contribution in [0.15, 0.2) is 0 Å². The number of unbranched alkanes of at least 4 members (excludes halogenated alkanes) is 53. The standard InChI is InChI=1S/C86H168O17P2/c1-7-11-13-15-17-19-21-23-24-25-26-30-33-36-40-44-51-57-63-69-84(89)96-74-81(102-85(90)70-64-58-52-45-41-37-34-31-28-27-29-32-35-38-42-48-54-60-66-78(5)9-3)76-100-104(92,93)98-72-80(87)73-99-105(94,95)101-77-82(103-86(91)71-65-59-53-47-46-49-55-61-67-79(6)10-4)75-97-83(88)68-62-56-50-43-39-22-20-18-16-14-12-8-2/h78-82,87H,7-77H2,1-6H3,(H,92,93)(H,94,95)/t78?,79?,80-,81-,82-/m1/s1. The molecular weight excluding hydrogens is 1370 g/mol. The zero-order valence-electron chi connectivity index (χ0n) is 69.0. The molecule has 105 heavy (non-hydrogen) atoms. The van der Waals surface area contributed by atoms with Crippen molar-refractivity contribution < 1.29 is 80.2 Å². The maximum absolute atomic E-state index is 13.1. The van der Waals surface area contributed by atoms with Crippen molar-refractivity contribution in [2.75, 3.05) is 39.6 Å². The highest BCUT2D eigenvalue weighted by Gasteiger charge is 2.30. The van der Waals surface area contributed by atoms with Gasteiger partial charge in [0.25, 0.3) is 0 Å². The fourth-order valence-corrected chi connectivity index (χ4v) is 14.9. The summed E-state index contributed by atoms with van der Waals surface area (Å²) >= 11 is 0. The van der Waals surface area contributed by atoms with Crippen LogP contribution in [0.1, 0.15) is 459 Å². The predicted octanol–water partition coefficient (Wildman–Crippen LogP) is 26.2. The average molecular weight is 1540 g/mol. The molecule has 0 saturated heterocycles. The van der Waals surface area contributed by atoms with Crippen LogP contribution in [0.25, 0.3) is 0 Å². The fraction of sp³-hybridized carbons (Fsp3) is 0.953. The lowest BCUT2D eigenvalue weighted by atomic mass is 9.99. The van der Waals surface area contributed by atoms with Crippen molar-refractivity contribution in [1.82, 2.24) is 0 Å². The molecule has 0 radical (unpaired) electrons. The van der Waals surface area contributed by atoms with Crippen LogP contribution in [-0.2, 0) is 65.4 Å². The first-order valence-corrected chi connectivity index (χ1v) is 47.6. The number of hydrogen-bond donors (Lipinski definition) is 3. The van der Waals surface area contributed by atoms with Gasteiger partial charge in [-0.3, -0.25) is 37.3 Å². The second-order valence-corrected chi connectivity index (χ2v) is 34.3. The number of aliphatic hydroxyl groups is 1. The van der Waals surface area contributed by atoms with Gasteiger partial charge in [0.05, 0.1) is 26.4 Å². The van der Waals surface area contributed by atoms with Crippen LogP contribution in [0.5, 0.6) is 0 Å². The number of hydrogen-bond acceptors (Lipinski definition) is 15. The number of aliphatic hydroxyl groups excluding tert-OH is 1. The normalized spacial score (nSPS) is 14.3. The minimum absolute atomic E-state index is 0.106. The zero-order valence-corrected chi connectivity index (χ0v) is 70.8. The Bertz CT molecular complexity index is 2010. The first-order valence-electron chi connectivity index (χ1n) is 44.6. The van der Waals surface area contributed by atoms with Crippen LogP contribution >= 0.6 is 15.6 Å². The Hall–Kier alpha value is -1.94. The van der Waals surface area contributed by atoms with Crippen molar-refractivity contribution in [2.24, 2.45) is 11.8 Å². The van der Waals surface area contributed by atoms with Crippen LogP contribution in [-0.4, -0.2) is 96.7 Å². The Labute approximate surface area is 645 Å². The highest BCUT2D eigenvalue weighted by atomic mass is 31.2. The quantitative estimate of drug-likeness (QED) is 0.0222. The van der Waals surface area contributed by atoms with Crippen LogP contribution in [0, 0.1) is 11.8 Å². The number of ether oxygens (including phenoxy) is 4. The average Bonchev–Trinajstić information content (AvgIpc) is 0.912. The number of rotatable bonds is 85. The Morgan fingerprint density at radius 2 is 0.457 bits per heavy atom. The molecule has 0 heterocycles. The maximum Gasteiger partial charge on any atom is 0.472 e. The number of phosphoric ester groups is 2. The molecule has 624 valence electrons. The monoisotopic (exact) mass is 1540 g/mol. The SMILES string of the molecule is CCCCCCCCCCCCCCCCCCCCCC(=O)OC[C@H](COP(=O)(O)OC[C@@H](O)COP(=O)(O)OC[C@@H](COC(=O)CCCCCCCCCCCCCC)OC(=O)CCCCCCCCCCC(C)CC)OC(=O)CCCCCCCCCCCCCCCCCCCCC(C)CC. The first-order chi connectivity index (χ1) is 50.9. The van der Waals surface area contributed by atoms with Gasteiger partial charge in [0.15, 0.2) is 12.2 Å². The van der Waals surface area contributed by atoms with Crippen LogP contribution in [0.4, 0.5) is 0 Å². The molecule has 0 rings (SSSR count). The molecule has 0 aromatic heterocycles. The van der Waals surface area contributed by atoms with E-state index in [2.05, 4.69) is 41.5 Å². The van der Waals surface area contributed by atoms with Crippen molar-refractivity contribution in [3.05, 3.63) is 0 Å². The largest absolute Gasteiger partial charge is 0.472 e. The number of carbonyl (C=O) groups is 4. The predicted molar refractivity (Wildman–Crippen MR) is 432 cm³/mol. The van der Waals surface area contributed by atoms with Crippen LogP contribution in [0.3, 0.4) is 0 Å². The molecular formula is C86H168O17P2. The summed E-state index contributed by atoms with van der Waals surface area (Å²) in [7, 11) is -9.93. The molecule has 3 N–H and O–H groups in total. The number of esters is 4. The fourth-order valence-electron chi connectivity index (χ4n) is 13.4. The zero-order chi connectivity index (χ0) is 77.1. The summed E-state index contributed by atoms with van der Waals surface area (Å²) < 4.78 is 68.9. The second kappa shape index (κ2) is 77.4. The highest BCUT2D eigenvalue weighted by molar-refractivity contribution is 7.47. The third-order valence-electron chi connectivity index (χ3n) is 20.9. The van der Waals surface area contributed by atoms with Gasteiger partial charge >= 0.3 is 39.5 Å². The Balaban J connectivity index is 5.22. The van der Waals surface area contributed by atoms with E-state index in [1.54, 1.807) is 0 Å². The molecule has 0 aliphatic carbocycles. The molecule has 0 amide bonds. The van der Waals surface area contributed by atoms with Crippen LogP contribution < -0.4 is 0 Å². The highest BCUT2D eigenvalue weighted by Crippen LogP contribution is 2.45. The molecule has 7 atom stereocenters. The van der Waals surface area contributed by atoms with Gasteiger partial charge in [0, 0.05) is 25.7 Å². The Morgan fingerprint density at radius 1 is 0.267 bits per heavy atom. The summed E-state index contributed by atoms with van der Waals surface area (Å²) in [6.45, 7) is 9.73. The van der Waals surface area contributed by atoms with Gasteiger partial charge in [-0.25, -0.2) is 9.13 Å². The lowest BCUT2D eigenvalue weighted by Crippen LogP contribution is -2.30. The van der Waals surface area contributed by atoms with E-state index >= 15 is 0 Å². The minimum atomic E-state index is -4.97. The summed E-state index contributed by atoms with van der Waals surface area (Å²) in [6, 6.07) is 0. The molecule has 0 bridgehead atoms. The minimum Gasteiger partial charge on any atom is -0.462 e. The summed E-state index contributed by atoms with van der Waals surface area (Å²) in [6.07, 6.45) is 69.4. The lowest BCUT2D eigenvalue weighted by Gasteiger charge is -2.21. The van der Waals surface area contributed by atoms with Crippen molar-refractivity contribution in [1.29, 1.82) is 0 Å². The first kappa shape index (κ1) is 103. The van der Waals surface area contributed by atoms with E-state index in [0.717, 1.165) is 102 Å². The van der Waals surface area contributed by atoms with E-state index in [4.69, 9.17) is 37.0 Å². The Kier molecular flexibility index (Phi) is 76.0. The molecule has 4 unspecified atom stereocenters. The van der Waals surface area contributed by atoms with E-state index in [1.165, 1.54) is 276 Å². The molecule has 0 aromatic rings.